The van der Waals surface area contributed by atoms with Gasteiger partial charge in [-0.15, -0.1) is 0 Å². The van der Waals surface area contributed by atoms with Gasteiger partial charge in [-0.05, 0) is 88.1 Å². The fraction of sp³-hybridized carbons (Fsp3) is 0.324. The lowest BCUT2D eigenvalue weighted by molar-refractivity contribution is -0.117. The molecule has 0 aliphatic carbocycles. The molecule has 1 saturated heterocycles. The third-order valence-corrected chi connectivity index (χ3v) is 7.79. The normalized spacial score (nSPS) is 14.4. The number of furan rings is 1. The Morgan fingerprint density at radius 1 is 1.06 bits per heavy atom. The quantitative estimate of drug-likeness (QED) is 0.163. The number of rotatable bonds is 10. The molecule has 1 aliphatic rings. The van der Waals surface area contributed by atoms with Crippen LogP contribution in [0.5, 0.6) is 5.75 Å². The van der Waals surface area contributed by atoms with E-state index >= 15 is 0 Å². The molecule has 5 rings (SSSR count). The van der Waals surface area contributed by atoms with Crippen LogP contribution in [0.25, 0.3) is 22.4 Å². The van der Waals surface area contributed by atoms with Crippen LogP contribution in [-0.4, -0.2) is 59.9 Å². The van der Waals surface area contributed by atoms with Gasteiger partial charge in [0.25, 0.3) is 5.91 Å². The lowest BCUT2D eigenvalue weighted by Gasteiger charge is -2.36. The summed E-state index contributed by atoms with van der Waals surface area (Å²) in [5.74, 6) is -1.43. The number of halogens is 1. The number of hydrogen-bond acceptors (Lipinski definition) is 9. The van der Waals surface area contributed by atoms with Crippen LogP contribution >= 0.6 is 0 Å². The van der Waals surface area contributed by atoms with Gasteiger partial charge in [-0.1, -0.05) is 12.1 Å². The molecule has 0 bridgehead atoms. The van der Waals surface area contributed by atoms with Crippen molar-refractivity contribution >= 4 is 29.4 Å². The highest BCUT2D eigenvalue weighted by atomic mass is 19.1. The maximum absolute atomic E-state index is 14.3. The molecule has 2 N–H and O–H groups in total. The summed E-state index contributed by atoms with van der Waals surface area (Å²) in [6.07, 6.45) is 3.36. The molecule has 1 aliphatic heterocycles. The number of anilines is 2. The monoisotopic (exact) mass is 683 g/mol. The first-order valence-corrected chi connectivity index (χ1v) is 16.1. The van der Waals surface area contributed by atoms with Gasteiger partial charge < -0.3 is 34.2 Å². The van der Waals surface area contributed by atoms with Crippen molar-refractivity contribution in [1.82, 2.24) is 9.88 Å². The van der Waals surface area contributed by atoms with E-state index in [2.05, 4.69) is 21.7 Å². The summed E-state index contributed by atoms with van der Waals surface area (Å²) in [6.45, 7) is 5.75. The minimum absolute atomic E-state index is 0.00134. The summed E-state index contributed by atoms with van der Waals surface area (Å²) in [4.78, 5) is 45.4. The van der Waals surface area contributed by atoms with Crippen molar-refractivity contribution in [1.29, 1.82) is 5.26 Å². The van der Waals surface area contributed by atoms with Crippen molar-refractivity contribution in [2.24, 2.45) is 0 Å². The Labute approximate surface area is 289 Å². The van der Waals surface area contributed by atoms with Gasteiger partial charge in [0.15, 0.2) is 18.4 Å². The molecule has 4 aromatic rings. The molecule has 3 heterocycles. The Kier molecular flexibility index (Phi) is 11.1. The number of amides is 3. The summed E-state index contributed by atoms with van der Waals surface area (Å²) in [6, 6.07) is 17.2. The van der Waals surface area contributed by atoms with E-state index in [0.717, 1.165) is 12.8 Å². The fourth-order valence-corrected chi connectivity index (χ4v) is 5.61. The molecule has 0 radical (unpaired) electrons. The molecule has 1 fully saturated rings. The Bertz CT molecular complexity index is 1900. The van der Waals surface area contributed by atoms with Crippen molar-refractivity contribution in [3.8, 4) is 34.2 Å². The van der Waals surface area contributed by atoms with E-state index in [9.17, 15) is 24.0 Å². The molecule has 2 aromatic carbocycles. The van der Waals surface area contributed by atoms with E-state index in [1.807, 2.05) is 0 Å². The maximum atomic E-state index is 14.3. The van der Waals surface area contributed by atoms with Gasteiger partial charge in [-0.2, -0.15) is 5.26 Å². The van der Waals surface area contributed by atoms with Gasteiger partial charge in [-0.25, -0.2) is 14.2 Å². The van der Waals surface area contributed by atoms with E-state index < -0.39 is 23.4 Å². The van der Waals surface area contributed by atoms with Gasteiger partial charge in [-0.3, -0.25) is 9.59 Å². The smallest absolute Gasteiger partial charge is 0.410 e. The van der Waals surface area contributed by atoms with Crippen LogP contribution in [0.15, 0.2) is 71.3 Å². The number of methoxy groups -OCH3 is 1. The Morgan fingerprint density at radius 3 is 2.60 bits per heavy atom. The highest BCUT2D eigenvalue weighted by molar-refractivity contribution is 6.03. The zero-order valence-electron chi connectivity index (χ0n) is 28.2. The van der Waals surface area contributed by atoms with E-state index in [1.54, 1.807) is 62.1 Å². The van der Waals surface area contributed by atoms with Gasteiger partial charge in [0.1, 0.15) is 28.8 Å². The van der Waals surface area contributed by atoms with Gasteiger partial charge in [0.05, 0.1) is 12.0 Å². The Hall–Kier alpha value is -5.74. The first-order valence-electron chi connectivity index (χ1n) is 16.1. The summed E-state index contributed by atoms with van der Waals surface area (Å²) in [7, 11) is 1.43. The number of hydrogen-bond donors (Lipinski definition) is 2. The average molecular weight is 684 g/mol. The van der Waals surface area contributed by atoms with Crippen molar-refractivity contribution in [2.45, 2.75) is 58.1 Å². The highest BCUT2D eigenvalue weighted by Gasteiger charge is 2.32. The molecule has 12 nitrogen and oxygen atoms in total. The van der Waals surface area contributed by atoms with Crippen LogP contribution in [0.2, 0.25) is 0 Å². The zero-order chi connectivity index (χ0) is 35.8. The number of carbonyl (C=O) groups is 3. The number of nitriles is 1. The van der Waals surface area contributed by atoms with E-state index in [-0.39, 0.29) is 53.7 Å². The van der Waals surface area contributed by atoms with Crippen molar-refractivity contribution < 1.29 is 37.4 Å². The Morgan fingerprint density at radius 2 is 1.88 bits per heavy atom. The molecule has 1 unspecified atom stereocenters. The fourth-order valence-electron chi connectivity index (χ4n) is 5.61. The molecular weight excluding hydrogens is 645 g/mol. The molecular formula is C37H38FN5O7. The van der Waals surface area contributed by atoms with Gasteiger partial charge in [0.2, 0.25) is 5.91 Å². The predicted molar refractivity (Wildman–Crippen MR) is 183 cm³/mol. The molecule has 2 aromatic heterocycles. The first kappa shape index (κ1) is 35.6. The van der Waals surface area contributed by atoms with E-state index in [1.165, 1.54) is 37.6 Å². The number of likely N-dealkylation sites (tertiary alicyclic amines) is 1. The molecule has 0 spiro atoms. The predicted octanol–water partition coefficient (Wildman–Crippen LogP) is 7.37. The van der Waals surface area contributed by atoms with Crippen molar-refractivity contribution in [3.63, 3.8) is 0 Å². The largest absolute Gasteiger partial charge is 0.467 e. The van der Waals surface area contributed by atoms with Crippen LogP contribution < -0.4 is 15.4 Å². The number of carbonyl (C=O) groups excluding carboxylic acids is 3. The second-order valence-electron chi connectivity index (χ2n) is 12.7. The molecule has 50 heavy (non-hydrogen) atoms. The number of nitrogens with one attached hydrogen (secondary N) is 2. The summed E-state index contributed by atoms with van der Waals surface area (Å²) in [5, 5.41) is 15.9. The standard InChI is InChI=1S/C37H38FN5O7/c1-37(2,3)50-36(46)43-15-6-5-11-26(43)19-33(44)40-25-10-7-9-23(17-25)28-20-30(27-14-13-24(38)18-32(27)49-22-47-4)41-34(29(28)21-39)42-35(45)31-12-8-16-48-31/h7-10,12-14,16-18,20,26H,5-6,11,15,19,22H2,1-4H3,(H,40,44)(H,41,42,45). The second-order valence-corrected chi connectivity index (χ2v) is 12.7. The third kappa shape index (κ3) is 8.83. The summed E-state index contributed by atoms with van der Waals surface area (Å²) in [5.41, 5.74) is 1.34. The highest BCUT2D eigenvalue weighted by Crippen LogP contribution is 2.37. The second kappa shape index (κ2) is 15.7. The number of aromatic nitrogens is 1. The van der Waals surface area contributed by atoms with Crippen molar-refractivity contribution in [2.75, 3.05) is 31.1 Å². The number of piperidine rings is 1. The molecule has 0 saturated carbocycles. The topological polar surface area (TPSA) is 156 Å². The summed E-state index contributed by atoms with van der Waals surface area (Å²) >= 11 is 0. The molecule has 3 amide bonds. The van der Waals surface area contributed by atoms with Gasteiger partial charge in [0, 0.05) is 49.0 Å². The minimum atomic E-state index is -0.659. The maximum Gasteiger partial charge on any atom is 0.410 e. The number of ether oxygens (including phenoxy) is 3. The average Bonchev–Trinajstić information content (AvgIpc) is 3.62. The number of pyridine rings is 1. The zero-order valence-corrected chi connectivity index (χ0v) is 28.2. The first-order chi connectivity index (χ1) is 24.0. The van der Waals surface area contributed by atoms with Crippen LogP contribution in [0.1, 0.15) is 62.6 Å². The molecule has 260 valence electrons. The van der Waals surface area contributed by atoms with Crippen molar-refractivity contribution in [3.05, 3.63) is 84.1 Å². The number of benzene rings is 2. The number of nitrogens with zero attached hydrogens (tertiary/aromatic N) is 3. The van der Waals surface area contributed by atoms with Gasteiger partial charge >= 0.3 is 6.09 Å². The SMILES string of the molecule is COCOc1cc(F)ccc1-c1cc(-c2cccc(NC(=O)CC3CCCCN3C(=O)OC(C)(C)C)c2)c(C#N)c(NC(=O)c2ccco2)n1. The lowest BCUT2D eigenvalue weighted by Crippen LogP contribution is -2.47. The Balaban J connectivity index is 1.48. The van der Waals surface area contributed by atoms with Crippen LogP contribution in [-0.2, 0) is 14.3 Å². The van der Waals surface area contributed by atoms with E-state index in [0.29, 0.717) is 35.3 Å². The third-order valence-electron chi connectivity index (χ3n) is 7.79. The lowest BCUT2D eigenvalue weighted by atomic mass is 9.97. The van der Waals surface area contributed by atoms with Crippen LogP contribution in [0, 0.1) is 17.1 Å². The molecule has 1 atom stereocenters. The van der Waals surface area contributed by atoms with Crippen LogP contribution in [0.4, 0.5) is 20.7 Å². The summed E-state index contributed by atoms with van der Waals surface area (Å²) < 4.78 is 35.7. The van der Waals surface area contributed by atoms with E-state index in [4.69, 9.17) is 18.6 Å². The minimum Gasteiger partial charge on any atom is -0.467 e. The van der Waals surface area contributed by atoms with Crippen LogP contribution in [0.3, 0.4) is 0 Å². The molecule has 13 heteroatoms.